The van der Waals surface area contributed by atoms with Gasteiger partial charge in [-0.2, -0.15) is 5.10 Å². The van der Waals surface area contributed by atoms with Crippen molar-refractivity contribution in [1.82, 2.24) is 14.7 Å². The number of para-hydroxylation sites is 1. The van der Waals surface area contributed by atoms with Crippen LogP contribution < -0.4 is 4.74 Å². The molecule has 1 amide bonds. The maximum absolute atomic E-state index is 13.1. The first kappa shape index (κ1) is 26.2. The van der Waals surface area contributed by atoms with E-state index < -0.39 is 0 Å². The van der Waals surface area contributed by atoms with Gasteiger partial charge >= 0.3 is 0 Å². The van der Waals surface area contributed by atoms with E-state index in [1.807, 2.05) is 71.6 Å². The average Bonchev–Trinajstić information content (AvgIpc) is 3.41. The van der Waals surface area contributed by atoms with Gasteiger partial charge in [-0.25, -0.2) is 4.68 Å². The standard InChI is InChI=1S/C29H33N3O2S2/c1-4-5-6-10-17-34-25-15-13-22(14-16-25)27-23(20-32(30-27)24-11-8-7-9-12-24)18-26-28(33)31(19-21(2)3)29(35)36-26/h7-9,11-16,18,20-21H,4-6,10,17,19H2,1-3H3/b26-18+. The van der Waals surface area contributed by atoms with Gasteiger partial charge in [0.15, 0.2) is 0 Å². The van der Waals surface area contributed by atoms with Gasteiger partial charge in [-0.3, -0.25) is 9.69 Å². The molecule has 3 aromatic rings. The Balaban J connectivity index is 1.62. The van der Waals surface area contributed by atoms with Crippen molar-refractivity contribution >= 4 is 40.3 Å². The third-order valence-corrected chi connectivity index (χ3v) is 7.24. The Kier molecular flexibility index (Phi) is 8.99. The van der Waals surface area contributed by atoms with E-state index in [0.717, 1.165) is 41.3 Å². The first-order valence-electron chi connectivity index (χ1n) is 12.6. The zero-order chi connectivity index (χ0) is 25.5. The summed E-state index contributed by atoms with van der Waals surface area (Å²) in [6, 6.07) is 18.0. The number of rotatable bonds is 11. The average molecular weight is 520 g/mol. The number of hydrogen-bond donors (Lipinski definition) is 0. The fraction of sp³-hybridized carbons (Fsp3) is 0.345. The van der Waals surface area contributed by atoms with Gasteiger partial charge in [-0.1, -0.05) is 82.2 Å². The van der Waals surface area contributed by atoms with Gasteiger partial charge in [0.05, 0.1) is 22.9 Å². The minimum atomic E-state index is -0.0380. The van der Waals surface area contributed by atoms with Gasteiger partial charge < -0.3 is 4.74 Å². The highest BCUT2D eigenvalue weighted by atomic mass is 32.2. The summed E-state index contributed by atoms with van der Waals surface area (Å²) in [6.07, 6.45) is 8.60. The predicted molar refractivity (Wildman–Crippen MR) is 153 cm³/mol. The second kappa shape index (κ2) is 12.4. The number of unbranched alkanes of at least 4 members (excludes halogenated alkanes) is 3. The number of ether oxygens (including phenoxy) is 1. The lowest BCUT2D eigenvalue weighted by molar-refractivity contribution is -0.122. The van der Waals surface area contributed by atoms with Crippen molar-refractivity contribution in [3.63, 3.8) is 0 Å². The molecular weight excluding hydrogens is 486 g/mol. The van der Waals surface area contributed by atoms with Crippen LogP contribution in [-0.2, 0) is 4.79 Å². The quantitative estimate of drug-likeness (QED) is 0.150. The van der Waals surface area contributed by atoms with Gasteiger partial charge in [0.1, 0.15) is 10.1 Å². The lowest BCUT2D eigenvalue weighted by Gasteiger charge is -2.16. The number of thioether (sulfide) groups is 1. The first-order valence-corrected chi connectivity index (χ1v) is 13.8. The van der Waals surface area contributed by atoms with Crippen LogP contribution in [0.1, 0.15) is 52.0 Å². The van der Waals surface area contributed by atoms with Gasteiger partial charge in [0, 0.05) is 23.9 Å². The molecule has 1 aliphatic rings. The first-order chi connectivity index (χ1) is 17.5. The van der Waals surface area contributed by atoms with Gasteiger partial charge in [-0.05, 0) is 54.8 Å². The molecule has 4 rings (SSSR count). The van der Waals surface area contributed by atoms with Crippen LogP contribution >= 0.6 is 24.0 Å². The summed E-state index contributed by atoms with van der Waals surface area (Å²) < 4.78 is 8.38. The van der Waals surface area contributed by atoms with Crippen LogP contribution in [0.3, 0.4) is 0 Å². The maximum Gasteiger partial charge on any atom is 0.266 e. The molecule has 36 heavy (non-hydrogen) atoms. The molecule has 2 aromatic carbocycles. The number of carbonyl (C=O) groups excluding carboxylic acids is 1. The van der Waals surface area contributed by atoms with Crippen LogP contribution in [0.2, 0.25) is 0 Å². The molecule has 0 atom stereocenters. The van der Waals surface area contributed by atoms with Gasteiger partial charge in [0.25, 0.3) is 5.91 Å². The Morgan fingerprint density at radius 3 is 2.50 bits per heavy atom. The molecule has 1 saturated heterocycles. The van der Waals surface area contributed by atoms with Crippen LogP contribution in [0.15, 0.2) is 65.7 Å². The number of aromatic nitrogens is 2. The second-order valence-corrected chi connectivity index (χ2v) is 11.0. The zero-order valence-electron chi connectivity index (χ0n) is 21.1. The zero-order valence-corrected chi connectivity index (χ0v) is 22.8. The Labute approximate surface area is 223 Å². The Bertz CT molecular complexity index is 1220. The molecule has 0 aliphatic carbocycles. The molecule has 5 nitrogen and oxygen atoms in total. The lowest BCUT2D eigenvalue weighted by Crippen LogP contribution is -2.31. The third-order valence-electron chi connectivity index (χ3n) is 5.87. The monoisotopic (exact) mass is 519 g/mol. The summed E-state index contributed by atoms with van der Waals surface area (Å²) in [5.41, 5.74) is 3.60. The fourth-order valence-corrected chi connectivity index (χ4v) is 5.29. The molecule has 1 aliphatic heterocycles. The van der Waals surface area contributed by atoms with Crippen molar-refractivity contribution in [3.05, 3.63) is 71.3 Å². The maximum atomic E-state index is 13.1. The SMILES string of the molecule is CCCCCCOc1ccc(-c2nn(-c3ccccc3)cc2/C=C2/SC(=S)N(CC(C)C)C2=O)cc1. The molecule has 1 fully saturated rings. The molecule has 0 saturated carbocycles. The van der Waals surface area contributed by atoms with E-state index in [0.29, 0.717) is 21.7 Å². The van der Waals surface area contributed by atoms with Crippen molar-refractivity contribution in [2.45, 2.75) is 46.5 Å². The minimum absolute atomic E-state index is 0.0380. The number of thiocarbonyl (C=S) groups is 1. The number of carbonyl (C=O) groups is 1. The van der Waals surface area contributed by atoms with E-state index in [2.05, 4.69) is 20.8 Å². The van der Waals surface area contributed by atoms with Crippen molar-refractivity contribution in [3.8, 4) is 22.7 Å². The molecule has 1 aromatic heterocycles. The minimum Gasteiger partial charge on any atom is -0.494 e. The topological polar surface area (TPSA) is 47.4 Å². The molecular formula is C29H33N3O2S2. The fourth-order valence-electron chi connectivity index (χ4n) is 4.02. The van der Waals surface area contributed by atoms with Crippen LogP contribution in [0, 0.1) is 5.92 Å². The van der Waals surface area contributed by atoms with E-state index in [1.165, 1.54) is 31.0 Å². The molecule has 0 bridgehead atoms. The highest BCUT2D eigenvalue weighted by Crippen LogP contribution is 2.35. The molecule has 0 radical (unpaired) electrons. The van der Waals surface area contributed by atoms with Crippen molar-refractivity contribution in [1.29, 1.82) is 0 Å². The van der Waals surface area contributed by atoms with Gasteiger partial charge in [0.2, 0.25) is 0 Å². The van der Waals surface area contributed by atoms with Crippen LogP contribution in [0.25, 0.3) is 23.0 Å². The largest absolute Gasteiger partial charge is 0.494 e. The van der Waals surface area contributed by atoms with E-state index in [1.54, 1.807) is 4.90 Å². The third kappa shape index (κ3) is 6.45. The number of benzene rings is 2. The van der Waals surface area contributed by atoms with Gasteiger partial charge in [-0.15, -0.1) is 0 Å². The van der Waals surface area contributed by atoms with E-state index in [4.69, 9.17) is 22.1 Å². The Hall–Kier alpha value is -2.90. The molecule has 188 valence electrons. The highest BCUT2D eigenvalue weighted by molar-refractivity contribution is 8.26. The Morgan fingerprint density at radius 1 is 1.06 bits per heavy atom. The van der Waals surface area contributed by atoms with E-state index in [-0.39, 0.29) is 5.91 Å². The van der Waals surface area contributed by atoms with E-state index >= 15 is 0 Å². The second-order valence-electron chi connectivity index (χ2n) is 9.33. The number of nitrogens with zero attached hydrogens (tertiary/aromatic N) is 3. The predicted octanol–water partition coefficient (Wildman–Crippen LogP) is 7.36. The van der Waals surface area contributed by atoms with Crippen LogP contribution in [0.4, 0.5) is 0 Å². The van der Waals surface area contributed by atoms with Crippen LogP contribution in [-0.4, -0.2) is 38.1 Å². The summed E-state index contributed by atoms with van der Waals surface area (Å²) in [4.78, 5) is 15.4. The highest BCUT2D eigenvalue weighted by Gasteiger charge is 2.32. The molecule has 2 heterocycles. The molecule has 0 unspecified atom stereocenters. The number of hydrogen-bond acceptors (Lipinski definition) is 5. The molecule has 0 N–H and O–H groups in total. The summed E-state index contributed by atoms with van der Waals surface area (Å²) >= 11 is 6.86. The van der Waals surface area contributed by atoms with Crippen LogP contribution in [0.5, 0.6) is 5.75 Å². The lowest BCUT2D eigenvalue weighted by atomic mass is 10.1. The summed E-state index contributed by atoms with van der Waals surface area (Å²) in [6.45, 7) is 7.73. The smallest absolute Gasteiger partial charge is 0.266 e. The number of amides is 1. The summed E-state index contributed by atoms with van der Waals surface area (Å²) in [5.74, 6) is 1.16. The molecule has 7 heteroatoms. The van der Waals surface area contributed by atoms with E-state index in [9.17, 15) is 4.79 Å². The van der Waals surface area contributed by atoms with Crippen molar-refractivity contribution < 1.29 is 9.53 Å². The summed E-state index contributed by atoms with van der Waals surface area (Å²) in [7, 11) is 0. The summed E-state index contributed by atoms with van der Waals surface area (Å²) in [5, 5.41) is 4.89. The van der Waals surface area contributed by atoms with Crippen molar-refractivity contribution in [2.75, 3.05) is 13.2 Å². The normalized spacial score (nSPS) is 14.9. The van der Waals surface area contributed by atoms with Crippen molar-refractivity contribution in [2.24, 2.45) is 5.92 Å². The molecule has 0 spiro atoms. The Morgan fingerprint density at radius 2 is 1.81 bits per heavy atom.